The molecule has 0 radical (unpaired) electrons. The zero-order chi connectivity index (χ0) is 13.7. The van der Waals surface area contributed by atoms with Crippen LogP contribution in [0.15, 0.2) is 30.6 Å². The number of nitrogens with zero attached hydrogens (tertiary/aromatic N) is 2. The number of hydrogen-bond acceptors (Lipinski definition) is 4. The van der Waals surface area contributed by atoms with E-state index in [1.165, 1.54) is 11.9 Å². The number of halogens is 1. The highest BCUT2D eigenvalue weighted by molar-refractivity contribution is 6.31. The second-order valence-electron chi connectivity index (χ2n) is 4.08. The van der Waals surface area contributed by atoms with Gasteiger partial charge in [-0.2, -0.15) is 0 Å². The van der Waals surface area contributed by atoms with Crippen molar-refractivity contribution in [2.75, 3.05) is 12.4 Å². The lowest BCUT2D eigenvalue weighted by molar-refractivity contribution is 0.413. The van der Waals surface area contributed by atoms with Crippen molar-refractivity contribution in [3.63, 3.8) is 0 Å². The van der Waals surface area contributed by atoms with Crippen LogP contribution in [0.1, 0.15) is 18.9 Å². The van der Waals surface area contributed by atoms with Crippen molar-refractivity contribution >= 4 is 23.1 Å². The Morgan fingerprint density at radius 3 is 2.79 bits per heavy atom. The summed E-state index contributed by atoms with van der Waals surface area (Å²) in [5.74, 6) is 1.03. The van der Waals surface area contributed by atoms with Crippen molar-refractivity contribution in [3.8, 4) is 5.75 Å². The number of ether oxygens (including phenoxy) is 1. The molecule has 19 heavy (non-hydrogen) atoms. The molecule has 0 aliphatic heterocycles. The third kappa shape index (κ3) is 3.15. The lowest BCUT2D eigenvalue weighted by Gasteiger charge is -2.13. The first-order valence-electron chi connectivity index (χ1n) is 6.15. The minimum atomic E-state index is 0.299. The fourth-order valence-electron chi connectivity index (χ4n) is 1.88. The van der Waals surface area contributed by atoms with E-state index in [-0.39, 0.29) is 0 Å². The Morgan fingerprint density at radius 2 is 2.05 bits per heavy atom. The first-order chi connectivity index (χ1) is 9.26. The van der Waals surface area contributed by atoms with E-state index in [2.05, 4.69) is 28.3 Å². The minimum Gasteiger partial charge on any atom is -0.490 e. The molecule has 0 bridgehead atoms. The summed E-state index contributed by atoms with van der Waals surface area (Å²) in [6.07, 6.45) is 3.50. The lowest BCUT2D eigenvalue weighted by Crippen LogP contribution is -2.01. The highest BCUT2D eigenvalue weighted by atomic mass is 35.5. The average molecular weight is 278 g/mol. The van der Waals surface area contributed by atoms with E-state index < -0.39 is 0 Å². The standard InChI is InChI=1S/C14H16ClN3O/c1-3-6-10-7-4-5-8-11(10)18-14-12(19-2)13(15)16-9-17-14/h4-5,7-9H,3,6H2,1-2H3,(H,16,17,18). The number of methoxy groups -OCH3 is 1. The molecule has 0 aliphatic carbocycles. The number of nitrogens with one attached hydrogen (secondary N) is 1. The minimum absolute atomic E-state index is 0.299. The van der Waals surface area contributed by atoms with E-state index in [4.69, 9.17) is 16.3 Å². The zero-order valence-corrected chi connectivity index (χ0v) is 11.7. The van der Waals surface area contributed by atoms with E-state index in [0.717, 1.165) is 18.5 Å². The molecule has 0 spiro atoms. The van der Waals surface area contributed by atoms with Gasteiger partial charge in [-0.05, 0) is 18.1 Å². The molecule has 0 amide bonds. The largest absolute Gasteiger partial charge is 0.490 e. The summed E-state index contributed by atoms with van der Waals surface area (Å²) in [5.41, 5.74) is 2.25. The Hall–Kier alpha value is -1.81. The first-order valence-corrected chi connectivity index (χ1v) is 6.53. The van der Waals surface area contributed by atoms with Crippen LogP contribution < -0.4 is 10.1 Å². The second-order valence-corrected chi connectivity index (χ2v) is 4.44. The highest BCUT2D eigenvalue weighted by Crippen LogP contribution is 2.31. The van der Waals surface area contributed by atoms with Gasteiger partial charge >= 0.3 is 0 Å². The van der Waals surface area contributed by atoms with Crippen LogP contribution in [0, 0.1) is 0 Å². The summed E-state index contributed by atoms with van der Waals surface area (Å²) in [6, 6.07) is 8.12. The third-order valence-corrected chi connectivity index (χ3v) is 3.02. The van der Waals surface area contributed by atoms with Crippen LogP contribution in [-0.2, 0) is 6.42 Å². The molecule has 1 aromatic heterocycles. The Morgan fingerprint density at radius 1 is 1.26 bits per heavy atom. The Labute approximate surface area is 117 Å². The maximum Gasteiger partial charge on any atom is 0.199 e. The van der Waals surface area contributed by atoms with Gasteiger partial charge in [0.15, 0.2) is 16.7 Å². The highest BCUT2D eigenvalue weighted by Gasteiger charge is 2.11. The molecule has 0 saturated heterocycles. The van der Waals surface area contributed by atoms with Gasteiger partial charge in [0, 0.05) is 5.69 Å². The zero-order valence-electron chi connectivity index (χ0n) is 11.0. The fraction of sp³-hybridized carbons (Fsp3) is 0.286. The predicted molar refractivity (Wildman–Crippen MR) is 77.3 cm³/mol. The Balaban J connectivity index is 2.33. The SMILES string of the molecule is CCCc1ccccc1Nc1ncnc(Cl)c1OC. The van der Waals surface area contributed by atoms with Gasteiger partial charge in [0.1, 0.15) is 6.33 Å². The van der Waals surface area contributed by atoms with Gasteiger partial charge in [-0.25, -0.2) is 9.97 Å². The van der Waals surface area contributed by atoms with Crippen molar-refractivity contribution in [3.05, 3.63) is 41.3 Å². The van der Waals surface area contributed by atoms with Crippen LogP contribution in [0.25, 0.3) is 0 Å². The third-order valence-electron chi connectivity index (χ3n) is 2.75. The van der Waals surface area contributed by atoms with Crippen LogP contribution in [0.4, 0.5) is 11.5 Å². The molecular weight excluding hydrogens is 262 g/mol. The van der Waals surface area contributed by atoms with Gasteiger partial charge in [-0.15, -0.1) is 0 Å². The summed E-state index contributed by atoms with van der Waals surface area (Å²) in [6.45, 7) is 2.15. The molecule has 0 aliphatic rings. The number of para-hydroxylation sites is 1. The molecule has 0 atom stereocenters. The van der Waals surface area contributed by atoms with Crippen LogP contribution in [0.2, 0.25) is 5.15 Å². The lowest BCUT2D eigenvalue weighted by atomic mass is 10.1. The van der Waals surface area contributed by atoms with Gasteiger partial charge in [-0.3, -0.25) is 0 Å². The average Bonchev–Trinajstić information content (AvgIpc) is 2.41. The van der Waals surface area contributed by atoms with Crippen molar-refractivity contribution in [1.82, 2.24) is 9.97 Å². The van der Waals surface area contributed by atoms with Gasteiger partial charge in [0.25, 0.3) is 0 Å². The van der Waals surface area contributed by atoms with Gasteiger partial charge in [0.2, 0.25) is 0 Å². The number of anilines is 2. The van der Waals surface area contributed by atoms with Crippen molar-refractivity contribution < 1.29 is 4.74 Å². The summed E-state index contributed by atoms with van der Waals surface area (Å²) in [7, 11) is 1.55. The second kappa shape index (κ2) is 6.38. The van der Waals surface area contributed by atoms with Gasteiger partial charge in [-0.1, -0.05) is 43.1 Å². The molecule has 1 aromatic carbocycles. The first kappa shape index (κ1) is 13.6. The number of benzene rings is 1. The molecule has 1 N–H and O–H groups in total. The molecule has 0 saturated carbocycles. The van der Waals surface area contributed by atoms with Crippen molar-refractivity contribution in [2.24, 2.45) is 0 Å². The van der Waals surface area contributed by atoms with Crippen LogP contribution in [0.5, 0.6) is 5.75 Å². The normalized spacial score (nSPS) is 10.3. The Bertz CT molecular complexity index is 560. The summed E-state index contributed by atoms with van der Waals surface area (Å²) in [5, 5.41) is 3.56. The number of aromatic nitrogens is 2. The smallest absolute Gasteiger partial charge is 0.199 e. The summed E-state index contributed by atoms with van der Waals surface area (Å²) >= 11 is 5.98. The molecule has 100 valence electrons. The maximum atomic E-state index is 5.98. The predicted octanol–water partition coefficient (Wildman–Crippen LogP) is 3.83. The molecule has 0 fully saturated rings. The maximum absolute atomic E-state index is 5.98. The monoisotopic (exact) mass is 277 g/mol. The molecule has 0 unspecified atom stereocenters. The fourth-order valence-corrected chi connectivity index (χ4v) is 2.09. The number of aryl methyl sites for hydroxylation is 1. The molecule has 1 heterocycles. The quantitative estimate of drug-likeness (QED) is 0.844. The van der Waals surface area contributed by atoms with Gasteiger partial charge < -0.3 is 10.1 Å². The van der Waals surface area contributed by atoms with E-state index in [0.29, 0.717) is 16.7 Å². The summed E-state index contributed by atoms with van der Waals surface area (Å²) in [4.78, 5) is 8.08. The van der Waals surface area contributed by atoms with E-state index >= 15 is 0 Å². The van der Waals surface area contributed by atoms with E-state index in [1.54, 1.807) is 7.11 Å². The molecular formula is C14H16ClN3O. The van der Waals surface area contributed by atoms with Gasteiger partial charge in [0.05, 0.1) is 7.11 Å². The van der Waals surface area contributed by atoms with Crippen LogP contribution in [-0.4, -0.2) is 17.1 Å². The number of rotatable bonds is 5. The molecule has 4 nitrogen and oxygen atoms in total. The van der Waals surface area contributed by atoms with Crippen molar-refractivity contribution in [2.45, 2.75) is 19.8 Å². The number of hydrogen-bond donors (Lipinski definition) is 1. The van der Waals surface area contributed by atoms with Crippen LogP contribution in [0.3, 0.4) is 0 Å². The molecule has 2 aromatic rings. The molecule has 2 rings (SSSR count). The van der Waals surface area contributed by atoms with Crippen LogP contribution >= 0.6 is 11.6 Å². The van der Waals surface area contributed by atoms with E-state index in [1.807, 2.05) is 18.2 Å². The molecule has 5 heteroatoms. The Kier molecular flexibility index (Phi) is 4.58. The van der Waals surface area contributed by atoms with E-state index in [9.17, 15) is 0 Å². The summed E-state index contributed by atoms with van der Waals surface area (Å²) < 4.78 is 5.23. The topological polar surface area (TPSA) is 47.0 Å². The van der Waals surface area contributed by atoms with Crippen molar-refractivity contribution in [1.29, 1.82) is 0 Å².